The standard InChI is InChI=1S/C20H24N4O2/c1-14-12-23(9-10-26-14)13-19(25)22-20-18(11-21)15(2)16(3)24(20)17-7-5-4-6-8-17/h4-8,14H,9-10,12-13H2,1-3H3,(H,22,25)/t14-/m0/s1. The van der Waals surface area contributed by atoms with Crippen LogP contribution in [0.1, 0.15) is 23.7 Å². The average Bonchev–Trinajstić information content (AvgIpc) is 2.85. The largest absolute Gasteiger partial charge is 0.376 e. The molecule has 2 aromatic rings. The maximum atomic E-state index is 12.6. The highest BCUT2D eigenvalue weighted by Gasteiger charge is 2.23. The zero-order valence-electron chi connectivity index (χ0n) is 15.5. The molecule has 0 unspecified atom stereocenters. The van der Waals surface area contributed by atoms with E-state index < -0.39 is 0 Å². The second-order valence-electron chi connectivity index (χ2n) is 6.68. The zero-order chi connectivity index (χ0) is 18.7. The average molecular weight is 352 g/mol. The van der Waals surface area contributed by atoms with E-state index in [1.807, 2.05) is 55.7 Å². The molecule has 0 spiro atoms. The summed E-state index contributed by atoms with van der Waals surface area (Å²) in [4.78, 5) is 14.7. The van der Waals surface area contributed by atoms with Gasteiger partial charge in [0.1, 0.15) is 11.9 Å². The summed E-state index contributed by atoms with van der Waals surface area (Å²) >= 11 is 0. The van der Waals surface area contributed by atoms with Gasteiger partial charge in [-0.1, -0.05) is 18.2 Å². The first-order valence-corrected chi connectivity index (χ1v) is 8.82. The fourth-order valence-electron chi connectivity index (χ4n) is 3.37. The van der Waals surface area contributed by atoms with Gasteiger partial charge in [-0.25, -0.2) is 0 Å². The number of ether oxygens (including phenoxy) is 1. The van der Waals surface area contributed by atoms with Gasteiger partial charge in [-0.15, -0.1) is 0 Å². The van der Waals surface area contributed by atoms with Crippen LogP contribution in [0.25, 0.3) is 5.69 Å². The molecule has 2 heterocycles. The van der Waals surface area contributed by atoms with E-state index in [0.29, 0.717) is 18.0 Å². The molecular weight excluding hydrogens is 328 g/mol. The van der Waals surface area contributed by atoms with E-state index in [9.17, 15) is 10.1 Å². The number of hydrogen-bond donors (Lipinski definition) is 1. The summed E-state index contributed by atoms with van der Waals surface area (Å²) in [6.07, 6.45) is 0.129. The molecule has 0 radical (unpaired) electrons. The van der Waals surface area contributed by atoms with Crippen LogP contribution in [0.2, 0.25) is 0 Å². The summed E-state index contributed by atoms with van der Waals surface area (Å²) in [5.41, 5.74) is 3.26. The Balaban J connectivity index is 1.88. The minimum Gasteiger partial charge on any atom is -0.376 e. The minimum absolute atomic E-state index is 0.120. The van der Waals surface area contributed by atoms with Crippen molar-refractivity contribution in [2.24, 2.45) is 0 Å². The maximum absolute atomic E-state index is 12.6. The maximum Gasteiger partial charge on any atom is 0.239 e. The predicted molar refractivity (Wildman–Crippen MR) is 100 cm³/mol. The smallest absolute Gasteiger partial charge is 0.239 e. The second kappa shape index (κ2) is 7.73. The fourth-order valence-corrected chi connectivity index (χ4v) is 3.37. The Morgan fingerprint density at radius 2 is 2.08 bits per heavy atom. The molecule has 0 saturated carbocycles. The number of para-hydroxylation sites is 1. The minimum atomic E-state index is -0.120. The van der Waals surface area contributed by atoms with Crippen LogP contribution in [0.5, 0.6) is 0 Å². The number of aromatic nitrogens is 1. The Morgan fingerprint density at radius 1 is 1.35 bits per heavy atom. The fraction of sp³-hybridized carbons (Fsp3) is 0.400. The molecule has 1 atom stereocenters. The summed E-state index contributed by atoms with van der Waals surface area (Å²) < 4.78 is 7.46. The van der Waals surface area contributed by atoms with Crippen molar-refractivity contribution in [1.82, 2.24) is 9.47 Å². The Morgan fingerprint density at radius 3 is 2.73 bits per heavy atom. The predicted octanol–water partition coefficient (Wildman–Crippen LogP) is 2.63. The van der Waals surface area contributed by atoms with Crippen LogP contribution in [0.15, 0.2) is 30.3 Å². The summed E-state index contributed by atoms with van der Waals surface area (Å²) in [6, 6.07) is 12.0. The molecular formula is C20H24N4O2. The topological polar surface area (TPSA) is 70.3 Å². The van der Waals surface area contributed by atoms with E-state index in [4.69, 9.17) is 4.74 Å². The monoisotopic (exact) mass is 352 g/mol. The molecule has 1 aliphatic heterocycles. The lowest BCUT2D eigenvalue weighted by Crippen LogP contribution is -2.44. The van der Waals surface area contributed by atoms with Crippen molar-refractivity contribution in [3.63, 3.8) is 0 Å². The Bertz CT molecular complexity index is 836. The van der Waals surface area contributed by atoms with Crippen LogP contribution in [0, 0.1) is 25.2 Å². The van der Waals surface area contributed by atoms with E-state index in [1.165, 1.54) is 0 Å². The summed E-state index contributed by atoms with van der Waals surface area (Å²) in [5, 5.41) is 12.6. The third kappa shape index (κ3) is 3.64. The number of nitrogens with one attached hydrogen (secondary N) is 1. The molecule has 6 heteroatoms. The van der Waals surface area contributed by atoms with Crippen molar-refractivity contribution in [3.8, 4) is 11.8 Å². The lowest BCUT2D eigenvalue weighted by atomic mass is 10.2. The highest BCUT2D eigenvalue weighted by molar-refractivity contribution is 5.93. The molecule has 6 nitrogen and oxygen atoms in total. The number of morpholine rings is 1. The number of benzene rings is 1. The van der Waals surface area contributed by atoms with Crippen molar-refractivity contribution in [2.45, 2.75) is 26.9 Å². The SMILES string of the molecule is Cc1c(C#N)c(NC(=O)CN2CCO[C@@H](C)C2)n(-c2ccccc2)c1C. The molecule has 3 rings (SSSR count). The molecule has 1 aliphatic rings. The number of amides is 1. The molecule has 0 bridgehead atoms. The molecule has 1 N–H and O–H groups in total. The van der Waals surface area contributed by atoms with Crippen molar-refractivity contribution in [3.05, 3.63) is 47.2 Å². The van der Waals surface area contributed by atoms with E-state index in [2.05, 4.69) is 16.3 Å². The number of carbonyl (C=O) groups excluding carboxylic acids is 1. The van der Waals surface area contributed by atoms with Gasteiger partial charge in [0.05, 0.1) is 24.8 Å². The first-order valence-electron chi connectivity index (χ1n) is 8.82. The highest BCUT2D eigenvalue weighted by atomic mass is 16.5. The number of rotatable bonds is 4. The van der Waals surface area contributed by atoms with Crippen LogP contribution < -0.4 is 5.32 Å². The number of anilines is 1. The van der Waals surface area contributed by atoms with Crippen molar-refractivity contribution in [2.75, 3.05) is 31.6 Å². The van der Waals surface area contributed by atoms with E-state index in [-0.39, 0.29) is 18.6 Å². The van der Waals surface area contributed by atoms with Crippen molar-refractivity contribution < 1.29 is 9.53 Å². The van der Waals surface area contributed by atoms with Gasteiger partial charge in [-0.2, -0.15) is 5.26 Å². The van der Waals surface area contributed by atoms with Gasteiger partial charge >= 0.3 is 0 Å². The van der Waals surface area contributed by atoms with E-state index in [1.54, 1.807) is 0 Å². The quantitative estimate of drug-likeness (QED) is 0.918. The molecule has 1 aromatic heterocycles. The van der Waals surface area contributed by atoms with Crippen molar-refractivity contribution in [1.29, 1.82) is 5.26 Å². The summed E-state index contributed by atoms with van der Waals surface area (Å²) in [5.74, 6) is 0.422. The zero-order valence-corrected chi connectivity index (χ0v) is 15.5. The van der Waals surface area contributed by atoms with Crippen LogP contribution in [0.4, 0.5) is 5.82 Å². The molecule has 0 aliphatic carbocycles. The molecule has 1 saturated heterocycles. The van der Waals surface area contributed by atoms with Gasteiger partial charge in [-0.3, -0.25) is 14.3 Å². The lowest BCUT2D eigenvalue weighted by molar-refractivity contribution is -0.119. The third-order valence-electron chi connectivity index (χ3n) is 4.79. The van der Waals surface area contributed by atoms with Crippen molar-refractivity contribution >= 4 is 11.7 Å². The van der Waals surface area contributed by atoms with Crippen LogP contribution >= 0.6 is 0 Å². The highest BCUT2D eigenvalue weighted by Crippen LogP contribution is 2.29. The molecule has 1 aromatic carbocycles. The number of hydrogen-bond acceptors (Lipinski definition) is 4. The van der Waals surface area contributed by atoms with Gasteiger partial charge in [0, 0.05) is 24.5 Å². The molecule has 136 valence electrons. The second-order valence-corrected chi connectivity index (χ2v) is 6.68. The summed E-state index contributed by atoms with van der Waals surface area (Å²) in [6.45, 7) is 8.27. The van der Waals surface area contributed by atoms with Gasteiger partial charge in [-0.05, 0) is 38.5 Å². The number of nitrogens with zero attached hydrogens (tertiary/aromatic N) is 3. The van der Waals surface area contributed by atoms with Crippen LogP contribution in [-0.2, 0) is 9.53 Å². The first-order chi connectivity index (χ1) is 12.5. The molecule has 26 heavy (non-hydrogen) atoms. The number of carbonyl (C=O) groups is 1. The Hall–Kier alpha value is -2.62. The van der Waals surface area contributed by atoms with Crippen LogP contribution in [-0.4, -0.2) is 47.7 Å². The Kier molecular flexibility index (Phi) is 5.40. The van der Waals surface area contributed by atoms with Crippen LogP contribution in [0.3, 0.4) is 0 Å². The van der Waals surface area contributed by atoms with Gasteiger partial charge in [0.25, 0.3) is 0 Å². The van der Waals surface area contributed by atoms with E-state index >= 15 is 0 Å². The Labute approximate surface area is 154 Å². The molecule has 1 amide bonds. The number of nitriles is 1. The van der Waals surface area contributed by atoms with Gasteiger partial charge in [0.15, 0.2) is 0 Å². The van der Waals surface area contributed by atoms with Gasteiger partial charge < -0.3 is 10.1 Å². The normalized spacial score (nSPS) is 17.7. The van der Waals surface area contributed by atoms with E-state index in [0.717, 1.165) is 30.0 Å². The molecule has 1 fully saturated rings. The third-order valence-corrected chi connectivity index (χ3v) is 4.79. The lowest BCUT2D eigenvalue weighted by Gasteiger charge is -2.30. The first kappa shape index (κ1) is 18.2. The van der Waals surface area contributed by atoms with Gasteiger partial charge in [0.2, 0.25) is 5.91 Å². The summed E-state index contributed by atoms with van der Waals surface area (Å²) in [7, 11) is 0.